The molecule has 1 unspecified atom stereocenters. The van der Waals surface area contributed by atoms with Crippen molar-refractivity contribution >= 4 is 6.09 Å². The molecule has 2 saturated heterocycles. The van der Waals surface area contributed by atoms with Gasteiger partial charge in [0, 0.05) is 13.1 Å². The van der Waals surface area contributed by atoms with Crippen LogP contribution in [0.15, 0.2) is 24.3 Å². The summed E-state index contributed by atoms with van der Waals surface area (Å²) in [7, 11) is 0. The maximum Gasteiger partial charge on any atom is 0.416 e. The molecule has 0 aromatic heterocycles. The fraction of sp³-hybridized carbons (Fsp3) is 0.533. The van der Waals surface area contributed by atoms with Gasteiger partial charge in [0.2, 0.25) is 0 Å². The molecule has 2 aliphatic rings. The van der Waals surface area contributed by atoms with Gasteiger partial charge in [0.1, 0.15) is 6.61 Å². The quantitative estimate of drug-likeness (QED) is 0.913. The highest BCUT2D eigenvalue weighted by Gasteiger charge is 2.47. The molecule has 3 rings (SSSR count). The number of cyclic esters (lactones) is 1. The summed E-state index contributed by atoms with van der Waals surface area (Å²) < 4.78 is 42.9. The van der Waals surface area contributed by atoms with E-state index in [1.807, 2.05) is 0 Å². The summed E-state index contributed by atoms with van der Waals surface area (Å²) in [5, 5.41) is 3.26. The molecule has 0 radical (unpaired) electrons. The molecule has 1 atom stereocenters. The van der Waals surface area contributed by atoms with Crippen molar-refractivity contribution in [2.45, 2.75) is 31.1 Å². The first kappa shape index (κ1) is 15.1. The Morgan fingerprint density at radius 1 is 1.27 bits per heavy atom. The van der Waals surface area contributed by atoms with Crippen molar-refractivity contribution in [3.05, 3.63) is 35.4 Å². The van der Waals surface area contributed by atoms with Crippen LogP contribution in [0.5, 0.6) is 0 Å². The van der Waals surface area contributed by atoms with Gasteiger partial charge in [0.25, 0.3) is 0 Å². The normalized spacial score (nSPS) is 25.6. The predicted octanol–water partition coefficient (Wildman–Crippen LogP) is 2.78. The summed E-state index contributed by atoms with van der Waals surface area (Å²) in [4.78, 5) is 13.6. The van der Waals surface area contributed by atoms with E-state index in [9.17, 15) is 18.0 Å². The zero-order valence-electron chi connectivity index (χ0n) is 11.9. The molecule has 22 heavy (non-hydrogen) atoms. The number of carbonyl (C=O) groups is 1. The Balaban J connectivity index is 1.77. The summed E-state index contributed by atoms with van der Waals surface area (Å²) in [5.41, 5.74) is -0.399. The number of hydrogen-bond donors (Lipinski definition) is 1. The molecule has 2 aliphatic heterocycles. The highest BCUT2D eigenvalue weighted by Crippen LogP contribution is 2.33. The molecule has 1 amide bonds. The number of benzene rings is 1. The summed E-state index contributed by atoms with van der Waals surface area (Å²) in [6, 6.07) is 4.92. The van der Waals surface area contributed by atoms with Crippen molar-refractivity contribution in [2.75, 3.05) is 19.7 Å². The van der Waals surface area contributed by atoms with Crippen LogP contribution in [0.25, 0.3) is 0 Å². The smallest absolute Gasteiger partial charge is 0.416 e. The van der Waals surface area contributed by atoms with Crippen molar-refractivity contribution in [2.24, 2.45) is 0 Å². The van der Waals surface area contributed by atoms with Crippen LogP contribution in [0.4, 0.5) is 18.0 Å². The zero-order chi connectivity index (χ0) is 15.8. The van der Waals surface area contributed by atoms with Gasteiger partial charge >= 0.3 is 12.3 Å². The molecule has 1 N–H and O–H groups in total. The molecule has 0 bridgehead atoms. The van der Waals surface area contributed by atoms with Crippen LogP contribution in [0, 0.1) is 0 Å². The third-order valence-corrected chi connectivity index (χ3v) is 4.33. The van der Waals surface area contributed by atoms with Crippen LogP contribution < -0.4 is 5.32 Å². The Kier molecular flexibility index (Phi) is 3.76. The fourth-order valence-corrected chi connectivity index (χ4v) is 3.07. The second-order valence-corrected chi connectivity index (χ2v) is 5.84. The first-order chi connectivity index (χ1) is 10.4. The van der Waals surface area contributed by atoms with Crippen LogP contribution >= 0.6 is 0 Å². The number of piperidine rings is 1. The van der Waals surface area contributed by atoms with Gasteiger partial charge in [0.05, 0.1) is 11.1 Å². The molecule has 0 aliphatic carbocycles. The summed E-state index contributed by atoms with van der Waals surface area (Å²) in [5.74, 6) is 0. The molecule has 2 fully saturated rings. The Morgan fingerprint density at radius 3 is 2.59 bits per heavy atom. The van der Waals surface area contributed by atoms with Crippen LogP contribution in [0.1, 0.15) is 24.0 Å². The zero-order valence-corrected chi connectivity index (χ0v) is 11.9. The molecular formula is C15H17F3N2O2. The Labute approximate surface area is 126 Å². The van der Waals surface area contributed by atoms with Gasteiger partial charge in [-0.3, -0.25) is 4.90 Å². The maximum absolute atomic E-state index is 12.6. The monoisotopic (exact) mass is 314 g/mol. The number of alkyl halides is 3. The Hall–Kier alpha value is -1.76. The van der Waals surface area contributed by atoms with E-state index in [2.05, 4.69) is 5.32 Å². The van der Waals surface area contributed by atoms with E-state index >= 15 is 0 Å². The van der Waals surface area contributed by atoms with Crippen LogP contribution in [-0.4, -0.2) is 36.2 Å². The molecule has 1 spiro atoms. The summed E-state index contributed by atoms with van der Waals surface area (Å²) in [6.45, 7) is 2.15. The number of halogens is 3. The predicted molar refractivity (Wildman–Crippen MR) is 73.2 cm³/mol. The second-order valence-electron chi connectivity index (χ2n) is 5.84. The Morgan fingerprint density at radius 2 is 2.00 bits per heavy atom. The summed E-state index contributed by atoms with van der Waals surface area (Å²) in [6.07, 6.45) is -2.96. The van der Waals surface area contributed by atoms with E-state index in [1.54, 1.807) is 4.90 Å². The maximum atomic E-state index is 12.6. The van der Waals surface area contributed by atoms with Gasteiger partial charge in [0.15, 0.2) is 0 Å². The van der Waals surface area contributed by atoms with E-state index in [1.165, 1.54) is 12.1 Å². The number of carbonyl (C=O) groups excluding carboxylic acids is 1. The molecular weight excluding hydrogens is 297 g/mol. The van der Waals surface area contributed by atoms with Crippen molar-refractivity contribution in [1.29, 1.82) is 0 Å². The van der Waals surface area contributed by atoms with Crippen LogP contribution in [0.2, 0.25) is 0 Å². The van der Waals surface area contributed by atoms with Gasteiger partial charge in [-0.25, -0.2) is 4.79 Å². The van der Waals surface area contributed by atoms with Crippen molar-refractivity contribution < 1.29 is 22.7 Å². The average molecular weight is 314 g/mol. The third kappa shape index (κ3) is 2.77. The molecule has 120 valence electrons. The van der Waals surface area contributed by atoms with Crippen LogP contribution in [-0.2, 0) is 17.5 Å². The fourth-order valence-electron chi connectivity index (χ4n) is 3.07. The van der Waals surface area contributed by atoms with Gasteiger partial charge in [-0.1, -0.05) is 12.1 Å². The minimum Gasteiger partial charge on any atom is -0.447 e. The minimum atomic E-state index is -4.35. The number of hydrogen-bond acceptors (Lipinski definition) is 3. The third-order valence-electron chi connectivity index (χ3n) is 4.33. The van der Waals surface area contributed by atoms with Crippen molar-refractivity contribution in [3.63, 3.8) is 0 Å². The van der Waals surface area contributed by atoms with Crippen molar-refractivity contribution in [3.8, 4) is 0 Å². The first-order valence-corrected chi connectivity index (χ1v) is 7.22. The number of rotatable bonds is 2. The Bertz CT molecular complexity index is 551. The van der Waals surface area contributed by atoms with Gasteiger partial charge in [-0.15, -0.1) is 0 Å². The average Bonchev–Trinajstić information content (AvgIpc) is 2.77. The lowest BCUT2D eigenvalue weighted by molar-refractivity contribution is -0.137. The van der Waals surface area contributed by atoms with E-state index < -0.39 is 17.8 Å². The number of nitrogens with zero attached hydrogens (tertiary/aromatic N) is 1. The number of nitrogens with one attached hydrogen (secondary N) is 1. The SMILES string of the molecule is O=C1OCC2(CCCNC2)N1Cc1ccc(C(F)(F)F)cc1. The lowest BCUT2D eigenvalue weighted by Crippen LogP contribution is -2.56. The minimum absolute atomic E-state index is 0.263. The lowest BCUT2D eigenvalue weighted by Gasteiger charge is -2.38. The van der Waals surface area contributed by atoms with Crippen LogP contribution in [0.3, 0.4) is 0 Å². The van der Waals surface area contributed by atoms with Gasteiger partial charge < -0.3 is 10.1 Å². The molecule has 1 aromatic rings. The summed E-state index contributed by atoms with van der Waals surface area (Å²) >= 11 is 0. The number of ether oxygens (including phenoxy) is 1. The largest absolute Gasteiger partial charge is 0.447 e. The van der Waals surface area contributed by atoms with Gasteiger partial charge in [-0.2, -0.15) is 13.2 Å². The van der Waals surface area contributed by atoms with E-state index in [4.69, 9.17) is 4.74 Å². The second kappa shape index (κ2) is 5.46. The molecule has 1 aromatic carbocycles. The molecule has 0 saturated carbocycles. The highest BCUT2D eigenvalue weighted by molar-refractivity contribution is 5.71. The topological polar surface area (TPSA) is 41.6 Å². The van der Waals surface area contributed by atoms with E-state index in [-0.39, 0.29) is 12.1 Å². The van der Waals surface area contributed by atoms with Gasteiger partial charge in [-0.05, 0) is 37.1 Å². The van der Waals surface area contributed by atoms with E-state index in [0.717, 1.165) is 31.5 Å². The lowest BCUT2D eigenvalue weighted by atomic mass is 9.89. The standard InChI is InChI=1S/C15H17F3N2O2/c16-15(17,18)12-4-2-11(3-5-12)8-20-13(21)22-10-14(20)6-1-7-19-9-14/h2-5,19H,1,6-10H2. The highest BCUT2D eigenvalue weighted by atomic mass is 19.4. The number of amides is 1. The molecule has 7 heteroatoms. The molecule has 2 heterocycles. The van der Waals surface area contributed by atoms with Crippen molar-refractivity contribution in [1.82, 2.24) is 10.2 Å². The first-order valence-electron chi connectivity index (χ1n) is 7.22. The van der Waals surface area contributed by atoms with E-state index in [0.29, 0.717) is 18.7 Å². The molecule has 4 nitrogen and oxygen atoms in total.